The van der Waals surface area contributed by atoms with E-state index in [9.17, 15) is 14.4 Å². The van der Waals surface area contributed by atoms with Crippen LogP contribution in [0.2, 0.25) is 5.02 Å². The predicted octanol–water partition coefficient (Wildman–Crippen LogP) is 8.67. The van der Waals surface area contributed by atoms with Gasteiger partial charge in [0.15, 0.2) is 24.1 Å². The van der Waals surface area contributed by atoms with Gasteiger partial charge in [0.1, 0.15) is 10.5 Å². The second kappa shape index (κ2) is 17.0. The Morgan fingerprint density at radius 2 is 1.64 bits per heavy atom. The fourth-order valence-electron chi connectivity index (χ4n) is 11.8. The second-order valence-electron chi connectivity index (χ2n) is 20.1. The molecule has 2 aromatic carbocycles. The van der Waals surface area contributed by atoms with Crippen molar-refractivity contribution >= 4 is 74.2 Å². The summed E-state index contributed by atoms with van der Waals surface area (Å²) in [5.74, 6) is -2.33. The lowest BCUT2D eigenvalue weighted by Crippen LogP contribution is -2.44. The molecule has 14 nitrogen and oxygen atoms in total. The van der Waals surface area contributed by atoms with Crippen LogP contribution in [0.1, 0.15) is 95.0 Å². The maximum absolute atomic E-state index is 16.2. The van der Waals surface area contributed by atoms with Crippen LogP contribution in [-0.2, 0) is 23.7 Å². The highest BCUT2D eigenvalue weighted by Gasteiger charge is 2.51. The molecule has 1 atom stereocenters. The van der Waals surface area contributed by atoms with Gasteiger partial charge in [-0.05, 0) is 137 Å². The number of benzene rings is 2. The van der Waals surface area contributed by atoms with E-state index in [1.807, 2.05) is 24.3 Å². The number of rotatable bonds is 8. The molecule has 0 bridgehead atoms. The van der Waals surface area contributed by atoms with E-state index in [1.54, 1.807) is 26.4 Å². The molecule has 6 aliphatic rings. The number of ether oxygens (including phenoxy) is 1. The number of carbonyl (C=O) groups excluding carboxylic acids is 2. The average molecular weight is 941 g/mol. The highest BCUT2D eigenvalue weighted by Crippen LogP contribution is 2.48. The zero-order valence-electron chi connectivity index (χ0n) is 37.9. The van der Waals surface area contributed by atoms with Gasteiger partial charge in [-0.15, -0.1) is 0 Å². The third kappa shape index (κ3) is 8.06. The van der Waals surface area contributed by atoms with Crippen molar-refractivity contribution in [1.82, 2.24) is 29.2 Å². The average Bonchev–Trinajstić information content (AvgIpc) is 4.12. The van der Waals surface area contributed by atoms with Gasteiger partial charge in [-0.1, -0.05) is 17.7 Å². The van der Waals surface area contributed by atoms with Gasteiger partial charge in [-0.3, -0.25) is 19.1 Å². The van der Waals surface area contributed by atoms with Crippen molar-refractivity contribution < 1.29 is 27.5 Å². The molecule has 2 amide bonds. The number of aryl methyl sites for hydroxylation is 2. The number of fused-ring (bicyclic) bond motifs is 4. The number of hydrogen-bond acceptors (Lipinski definition) is 11. The number of anilines is 5. The van der Waals surface area contributed by atoms with E-state index in [4.69, 9.17) is 21.3 Å². The minimum absolute atomic E-state index is 0.0909. The number of halogens is 4. The summed E-state index contributed by atoms with van der Waals surface area (Å²) >= 11 is 6.67. The van der Waals surface area contributed by atoms with Crippen LogP contribution in [0.15, 0.2) is 41.3 Å². The summed E-state index contributed by atoms with van der Waals surface area (Å²) < 4.78 is 55.0. The molecule has 3 saturated heterocycles. The van der Waals surface area contributed by atoms with Gasteiger partial charge in [-0.25, -0.2) is 23.1 Å². The van der Waals surface area contributed by atoms with E-state index < -0.39 is 24.1 Å². The number of likely N-dealkylation sites (tertiary alicyclic amines) is 1. The van der Waals surface area contributed by atoms with Crippen molar-refractivity contribution in [3.05, 3.63) is 63.3 Å². The fourth-order valence-corrected chi connectivity index (χ4v) is 11.9. The molecule has 0 unspecified atom stereocenters. The van der Waals surface area contributed by atoms with E-state index in [0.717, 1.165) is 63.3 Å². The predicted molar refractivity (Wildman–Crippen MR) is 251 cm³/mol. The van der Waals surface area contributed by atoms with E-state index in [1.165, 1.54) is 34.9 Å². The highest BCUT2D eigenvalue weighted by molar-refractivity contribution is 6.33. The van der Waals surface area contributed by atoms with Gasteiger partial charge >= 0.3 is 5.92 Å². The molecule has 354 valence electrons. The molecule has 5 fully saturated rings. The van der Waals surface area contributed by atoms with Crippen LogP contribution < -0.4 is 30.7 Å². The summed E-state index contributed by atoms with van der Waals surface area (Å²) in [6, 6.07) is 7.95. The lowest BCUT2D eigenvalue weighted by molar-refractivity contribution is -0.129. The van der Waals surface area contributed by atoms with Crippen LogP contribution in [0.3, 0.4) is 0 Å². The third-order valence-electron chi connectivity index (χ3n) is 15.9. The molecule has 4 aliphatic heterocycles. The topological polar surface area (TPSA) is 143 Å². The van der Waals surface area contributed by atoms with E-state index >= 15 is 13.2 Å². The quantitative estimate of drug-likeness (QED) is 0.144. The van der Waals surface area contributed by atoms with E-state index in [-0.39, 0.29) is 59.6 Å². The van der Waals surface area contributed by atoms with Crippen molar-refractivity contribution in [2.45, 2.75) is 101 Å². The van der Waals surface area contributed by atoms with Gasteiger partial charge in [0.2, 0.25) is 23.5 Å². The first-order chi connectivity index (χ1) is 32.3. The number of pyridine rings is 1. The minimum Gasteiger partial charge on any atom is -0.480 e. The molecule has 3 aromatic heterocycles. The van der Waals surface area contributed by atoms with Crippen molar-refractivity contribution in [3.8, 4) is 5.75 Å². The van der Waals surface area contributed by atoms with Gasteiger partial charge in [0, 0.05) is 63.0 Å². The summed E-state index contributed by atoms with van der Waals surface area (Å²) in [6.45, 7) is 3.72. The van der Waals surface area contributed by atoms with Crippen molar-refractivity contribution in [1.29, 1.82) is 0 Å². The van der Waals surface area contributed by atoms with Gasteiger partial charge in [0.05, 0.1) is 23.4 Å². The van der Waals surface area contributed by atoms with Gasteiger partial charge in [-0.2, -0.15) is 10.1 Å². The van der Waals surface area contributed by atoms with Crippen molar-refractivity contribution in [2.75, 3.05) is 59.8 Å². The van der Waals surface area contributed by atoms with E-state index in [0.29, 0.717) is 80.4 Å². The standard InChI is InChI=1S/C49H56ClF3N10O4/c1-59-36-11-8-31(24-34(36)40-42(46(59)66)67-27-49(52,53)43(56-40)30-6-7-30)55-44-35(50)25-54-47(57-44)62-22-18-48(19-23-62)16-12-28(13-17-48)26-61-20-14-29(15-21-61)32-9-10-33-41(39(32)51)60(2)58-45(33)63-37(64)4-3-5-38(63)65/h8-11,24-25,28-30,43,56H,3-7,12-23,26-27H2,1-2H3,(H,54,55,57)/t43-/m0/s1. The van der Waals surface area contributed by atoms with Crippen LogP contribution in [0.4, 0.5) is 42.1 Å². The first kappa shape index (κ1) is 44.1. The highest BCUT2D eigenvalue weighted by atomic mass is 35.5. The SMILES string of the molecule is Cn1nc(N2C(=O)CCCC2=O)c2ccc(C3CCN(CC4CCC5(CC4)CCN(c4ncc(Cl)c(Nc6ccc7c(c6)c6c(c(=O)n7C)OCC(F)(F)[C@H](C7CC7)N6)n4)CC5)CC3)c(F)c21. The molecule has 2 aliphatic carbocycles. The Kier molecular flexibility index (Phi) is 11.2. The number of carbonyl (C=O) groups is 2. The summed E-state index contributed by atoms with van der Waals surface area (Å²) in [6.07, 6.45) is 12.7. The Bertz CT molecular complexity index is 2830. The second-order valence-corrected chi connectivity index (χ2v) is 20.5. The number of alkyl halides is 2. The Labute approximate surface area is 391 Å². The Balaban J connectivity index is 0.693. The van der Waals surface area contributed by atoms with E-state index in [2.05, 4.69) is 30.5 Å². The molecule has 5 aromatic rings. The molecule has 11 rings (SSSR count). The molecular formula is C49H56ClF3N10O4. The number of hydrogen-bond donors (Lipinski definition) is 2. The summed E-state index contributed by atoms with van der Waals surface area (Å²) in [5.41, 5.74) is 2.33. The number of imide groups is 1. The molecule has 0 radical (unpaired) electrons. The van der Waals surface area contributed by atoms with Crippen molar-refractivity contribution in [2.24, 2.45) is 31.3 Å². The summed E-state index contributed by atoms with van der Waals surface area (Å²) in [4.78, 5) is 54.0. The number of nitrogens with one attached hydrogen (secondary N) is 2. The van der Waals surface area contributed by atoms with Crippen LogP contribution in [0.25, 0.3) is 21.8 Å². The molecule has 18 heteroatoms. The number of aromatic nitrogens is 5. The monoisotopic (exact) mass is 940 g/mol. The van der Waals surface area contributed by atoms with Crippen LogP contribution >= 0.6 is 11.6 Å². The number of piperidine rings is 3. The van der Waals surface area contributed by atoms with Crippen LogP contribution in [-0.4, -0.2) is 92.3 Å². The Morgan fingerprint density at radius 3 is 2.36 bits per heavy atom. The normalized spacial score (nSPS) is 22.8. The lowest BCUT2D eigenvalue weighted by Gasteiger charge is -2.47. The van der Waals surface area contributed by atoms with Gasteiger partial charge in [0.25, 0.3) is 5.56 Å². The van der Waals surface area contributed by atoms with Gasteiger partial charge < -0.3 is 29.7 Å². The fraction of sp³-hybridized carbons (Fsp3) is 0.551. The molecule has 2 saturated carbocycles. The number of amides is 2. The molecule has 7 heterocycles. The maximum Gasteiger partial charge on any atom is 0.301 e. The summed E-state index contributed by atoms with van der Waals surface area (Å²) in [5, 5.41) is 12.2. The number of nitrogens with zero attached hydrogens (tertiary/aromatic N) is 8. The zero-order valence-corrected chi connectivity index (χ0v) is 38.7. The smallest absolute Gasteiger partial charge is 0.301 e. The first-order valence-electron chi connectivity index (χ1n) is 24.0. The Morgan fingerprint density at radius 1 is 0.910 bits per heavy atom. The summed E-state index contributed by atoms with van der Waals surface area (Å²) in [7, 11) is 3.28. The molecular weight excluding hydrogens is 885 g/mol. The zero-order chi connectivity index (χ0) is 46.4. The van der Waals surface area contributed by atoms with Crippen molar-refractivity contribution in [3.63, 3.8) is 0 Å². The Hall–Kier alpha value is -5.42. The minimum atomic E-state index is -3.13. The largest absolute Gasteiger partial charge is 0.480 e. The first-order valence-corrected chi connectivity index (χ1v) is 24.4. The third-order valence-corrected chi connectivity index (χ3v) is 16.1. The van der Waals surface area contributed by atoms with Crippen LogP contribution in [0, 0.1) is 23.1 Å². The maximum atomic E-state index is 16.2. The molecule has 1 spiro atoms. The lowest BCUT2D eigenvalue weighted by atomic mass is 9.65. The molecule has 2 N–H and O–H groups in total. The van der Waals surface area contributed by atoms with Crippen LogP contribution in [0.5, 0.6) is 5.75 Å². The molecule has 67 heavy (non-hydrogen) atoms.